The summed E-state index contributed by atoms with van der Waals surface area (Å²) in [5.74, 6) is -1.46. The van der Waals surface area contributed by atoms with Gasteiger partial charge in [0.25, 0.3) is 0 Å². The minimum atomic E-state index is -0.906. The number of thiazole rings is 1. The molecule has 3 N–H and O–H groups in total. The molecule has 88 valence electrons. The van der Waals surface area contributed by atoms with Crippen LogP contribution in [0.2, 0.25) is 0 Å². The molecule has 0 bridgehead atoms. The van der Waals surface area contributed by atoms with Crippen LogP contribution in [0, 0.1) is 5.92 Å². The van der Waals surface area contributed by atoms with Gasteiger partial charge in [-0.1, -0.05) is 6.92 Å². The van der Waals surface area contributed by atoms with E-state index < -0.39 is 17.9 Å². The fraction of sp³-hybridized carbons (Fsp3) is 0.444. The number of nitrogens with zero attached hydrogens (tertiary/aromatic N) is 1. The average Bonchev–Trinajstić information content (AvgIpc) is 2.70. The van der Waals surface area contributed by atoms with E-state index in [4.69, 9.17) is 5.11 Å². The highest BCUT2D eigenvalue weighted by molar-refractivity contribution is 7.13. The quantitative estimate of drug-likeness (QED) is 0.728. The summed E-state index contributed by atoms with van der Waals surface area (Å²) >= 11 is 1.30. The van der Waals surface area contributed by atoms with Gasteiger partial charge in [-0.05, 0) is 6.42 Å². The summed E-state index contributed by atoms with van der Waals surface area (Å²) in [7, 11) is 0. The monoisotopic (exact) mass is 243 g/mol. The number of urea groups is 1. The number of carbonyl (C=O) groups is 2. The third-order valence-corrected chi connectivity index (χ3v) is 2.69. The van der Waals surface area contributed by atoms with Gasteiger partial charge in [0.2, 0.25) is 0 Å². The summed E-state index contributed by atoms with van der Waals surface area (Å²) in [5.41, 5.74) is 0. The van der Waals surface area contributed by atoms with Gasteiger partial charge in [0, 0.05) is 18.1 Å². The molecule has 0 aliphatic rings. The Morgan fingerprint density at radius 1 is 1.62 bits per heavy atom. The molecule has 7 heteroatoms. The van der Waals surface area contributed by atoms with Gasteiger partial charge in [0.15, 0.2) is 5.13 Å². The van der Waals surface area contributed by atoms with Crippen LogP contribution in [0.5, 0.6) is 0 Å². The van der Waals surface area contributed by atoms with Crippen LogP contribution in [-0.2, 0) is 4.79 Å². The number of carboxylic acids is 1. The van der Waals surface area contributed by atoms with Gasteiger partial charge in [0.1, 0.15) is 0 Å². The van der Waals surface area contributed by atoms with Crippen molar-refractivity contribution in [2.24, 2.45) is 5.92 Å². The number of carbonyl (C=O) groups excluding carboxylic acids is 1. The summed E-state index contributed by atoms with van der Waals surface area (Å²) in [5, 5.41) is 16.0. The summed E-state index contributed by atoms with van der Waals surface area (Å²) < 4.78 is 0. The van der Waals surface area contributed by atoms with E-state index in [0.717, 1.165) is 0 Å². The topological polar surface area (TPSA) is 91.3 Å². The van der Waals surface area contributed by atoms with Crippen molar-refractivity contribution in [3.05, 3.63) is 11.6 Å². The summed E-state index contributed by atoms with van der Waals surface area (Å²) in [4.78, 5) is 25.9. The number of hydrogen-bond donors (Lipinski definition) is 3. The molecule has 2 amide bonds. The number of anilines is 1. The molecular formula is C9H13N3O3S. The molecule has 0 fully saturated rings. The first kappa shape index (κ1) is 12.4. The number of aliphatic carboxylic acids is 1. The van der Waals surface area contributed by atoms with Crippen LogP contribution in [0.1, 0.15) is 13.3 Å². The smallest absolute Gasteiger partial charge is 0.321 e. The minimum absolute atomic E-state index is 0.114. The fourth-order valence-corrected chi connectivity index (χ4v) is 1.57. The molecule has 0 radical (unpaired) electrons. The van der Waals surface area contributed by atoms with Crippen LogP contribution in [0.25, 0.3) is 0 Å². The van der Waals surface area contributed by atoms with Crippen molar-refractivity contribution in [3.8, 4) is 0 Å². The number of nitrogens with one attached hydrogen (secondary N) is 2. The number of amides is 2. The predicted molar refractivity (Wildman–Crippen MR) is 60.6 cm³/mol. The molecular weight excluding hydrogens is 230 g/mol. The lowest BCUT2D eigenvalue weighted by molar-refractivity contribution is -0.141. The molecule has 0 saturated heterocycles. The zero-order valence-electron chi connectivity index (χ0n) is 8.77. The van der Waals surface area contributed by atoms with Gasteiger partial charge >= 0.3 is 12.0 Å². The van der Waals surface area contributed by atoms with Crippen LogP contribution in [0.4, 0.5) is 9.93 Å². The Bertz CT molecular complexity index is 353. The first-order valence-corrected chi connectivity index (χ1v) is 5.68. The van der Waals surface area contributed by atoms with Gasteiger partial charge in [-0.15, -0.1) is 11.3 Å². The zero-order valence-corrected chi connectivity index (χ0v) is 9.58. The van der Waals surface area contributed by atoms with E-state index in [0.29, 0.717) is 11.6 Å². The van der Waals surface area contributed by atoms with Gasteiger partial charge in [-0.3, -0.25) is 10.1 Å². The third-order valence-electron chi connectivity index (χ3n) is 2.00. The number of hydrogen-bond acceptors (Lipinski definition) is 4. The van der Waals surface area contributed by atoms with Crippen LogP contribution in [0.3, 0.4) is 0 Å². The van der Waals surface area contributed by atoms with E-state index in [2.05, 4.69) is 15.6 Å². The van der Waals surface area contributed by atoms with E-state index >= 15 is 0 Å². The number of rotatable bonds is 5. The Morgan fingerprint density at radius 3 is 2.88 bits per heavy atom. The fourth-order valence-electron chi connectivity index (χ4n) is 1.05. The molecule has 1 aromatic rings. The van der Waals surface area contributed by atoms with Crippen molar-refractivity contribution in [1.29, 1.82) is 0 Å². The predicted octanol–water partition coefficient (Wildman–Crippen LogP) is 1.38. The number of aromatic nitrogens is 1. The highest BCUT2D eigenvalue weighted by Gasteiger charge is 2.15. The molecule has 6 nitrogen and oxygen atoms in total. The molecule has 1 atom stereocenters. The summed E-state index contributed by atoms with van der Waals surface area (Å²) in [6, 6.07) is -0.436. The second-order valence-corrected chi connectivity index (χ2v) is 4.01. The highest BCUT2D eigenvalue weighted by atomic mass is 32.1. The molecule has 1 unspecified atom stereocenters. The Labute approximate surface area is 96.7 Å². The molecule has 0 aromatic carbocycles. The maximum Gasteiger partial charge on any atom is 0.321 e. The molecule has 16 heavy (non-hydrogen) atoms. The highest BCUT2D eigenvalue weighted by Crippen LogP contribution is 2.09. The average molecular weight is 243 g/mol. The third kappa shape index (κ3) is 3.85. The van der Waals surface area contributed by atoms with E-state index in [-0.39, 0.29) is 6.54 Å². The lowest BCUT2D eigenvalue weighted by atomic mass is 10.1. The van der Waals surface area contributed by atoms with E-state index in [1.54, 1.807) is 18.5 Å². The first-order chi connectivity index (χ1) is 7.63. The van der Waals surface area contributed by atoms with Crippen molar-refractivity contribution >= 4 is 28.5 Å². The maximum absolute atomic E-state index is 11.3. The van der Waals surface area contributed by atoms with Crippen LogP contribution >= 0.6 is 11.3 Å². The number of carboxylic acid groups (broad SMARTS) is 1. The van der Waals surface area contributed by atoms with Crippen LogP contribution in [-0.4, -0.2) is 28.6 Å². The van der Waals surface area contributed by atoms with Crippen molar-refractivity contribution in [1.82, 2.24) is 10.3 Å². The van der Waals surface area contributed by atoms with Crippen molar-refractivity contribution in [3.63, 3.8) is 0 Å². The lowest BCUT2D eigenvalue weighted by Crippen LogP contribution is -2.35. The summed E-state index contributed by atoms with van der Waals surface area (Å²) in [6.07, 6.45) is 2.05. The SMILES string of the molecule is CCC(CNC(=O)Nc1nccs1)C(=O)O. The summed E-state index contributed by atoms with van der Waals surface area (Å²) in [6.45, 7) is 1.88. The molecule has 1 rings (SSSR count). The molecule has 0 spiro atoms. The Morgan fingerprint density at radius 2 is 2.38 bits per heavy atom. The van der Waals surface area contributed by atoms with E-state index in [1.807, 2.05) is 0 Å². The van der Waals surface area contributed by atoms with Crippen molar-refractivity contribution in [2.75, 3.05) is 11.9 Å². The van der Waals surface area contributed by atoms with Gasteiger partial charge in [0.05, 0.1) is 5.92 Å². The molecule has 1 heterocycles. The van der Waals surface area contributed by atoms with E-state index in [9.17, 15) is 9.59 Å². The standard InChI is InChI=1S/C9H13N3O3S/c1-2-6(7(13)14)5-11-8(15)12-9-10-3-4-16-9/h3-4,6H,2,5H2,1H3,(H,13,14)(H2,10,11,12,15). The lowest BCUT2D eigenvalue weighted by Gasteiger charge is -2.10. The molecule has 1 aromatic heterocycles. The second-order valence-electron chi connectivity index (χ2n) is 3.12. The van der Waals surface area contributed by atoms with E-state index in [1.165, 1.54) is 11.3 Å². The van der Waals surface area contributed by atoms with Crippen LogP contribution < -0.4 is 10.6 Å². The maximum atomic E-state index is 11.3. The Kier molecular flexibility index (Phi) is 4.71. The largest absolute Gasteiger partial charge is 0.481 e. The molecule has 0 aliphatic heterocycles. The van der Waals surface area contributed by atoms with Crippen molar-refractivity contribution in [2.45, 2.75) is 13.3 Å². The molecule has 0 aliphatic carbocycles. The van der Waals surface area contributed by atoms with Crippen molar-refractivity contribution < 1.29 is 14.7 Å². The normalized spacial score (nSPS) is 11.8. The Balaban J connectivity index is 2.32. The van der Waals surface area contributed by atoms with Gasteiger partial charge in [-0.2, -0.15) is 0 Å². The van der Waals surface area contributed by atoms with Gasteiger partial charge < -0.3 is 10.4 Å². The minimum Gasteiger partial charge on any atom is -0.481 e. The molecule has 0 saturated carbocycles. The second kappa shape index (κ2) is 6.06. The zero-order chi connectivity index (χ0) is 12.0. The van der Waals surface area contributed by atoms with Crippen LogP contribution in [0.15, 0.2) is 11.6 Å². The Hall–Kier alpha value is -1.63. The van der Waals surface area contributed by atoms with Gasteiger partial charge in [-0.25, -0.2) is 9.78 Å². The first-order valence-electron chi connectivity index (χ1n) is 4.80.